The Morgan fingerprint density at radius 1 is 1.13 bits per heavy atom. The molecule has 4 nitrogen and oxygen atoms in total. The molecule has 0 saturated carbocycles. The lowest BCUT2D eigenvalue weighted by Crippen LogP contribution is -2.54. The molecule has 3 aliphatic rings. The van der Waals surface area contributed by atoms with E-state index in [1.54, 1.807) is 4.90 Å². The van der Waals surface area contributed by atoms with Gasteiger partial charge in [0.25, 0.3) is 11.8 Å². The van der Waals surface area contributed by atoms with Crippen molar-refractivity contribution < 1.29 is 14.0 Å². The highest BCUT2D eigenvalue weighted by molar-refractivity contribution is 8.27. The minimum atomic E-state index is -0.538. The summed E-state index contributed by atoms with van der Waals surface area (Å²) in [6.45, 7) is 6.13. The fraction of sp³-hybridized carbons (Fsp3) is 0.261. The van der Waals surface area contributed by atoms with Crippen LogP contribution in [0.3, 0.4) is 0 Å². The number of benzene rings is 2. The van der Waals surface area contributed by atoms with E-state index in [9.17, 15) is 14.0 Å². The fourth-order valence-electron chi connectivity index (χ4n) is 5.16. The smallest absolute Gasteiger partial charge is 0.264 e. The Balaban J connectivity index is 1.86. The van der Waals surface area contributed by atoms with Crippen LogP contribution in [-0.4, -0.2) is 21.7 Å². The summed E-state index contributed by atoms with van der Waals surface area (Å²) >= 11 is 6.17. The molecule has 2 amide bonds. The number of carbonyl (C=O) groups excluding carboxylic acids is 2. The van der Waals surface area contributed by atoms with Gasteiger partial charge in [0.05, 0.1) is 16.2 Å². The van der Waals surface area contributed by atoms with Crippen molar-refractivity contribution in [3.05, 3.63) is 69.9 Å². The van der Waals surface area contributed by atoms with Gasteiger partial charge in [-0.3, -0.25) is 9.59 Å². The number of thioether (sulfide) groups is 1. The van der Waals surface area contributed by atoms with Gasteiger partial charge in [0, 0.05) is 16.5 Å². The molecule has 0 spiro atoms. The molecule has 152 valence electrons. The standard InChI is InChI=1S/C23H19FN2O2S2/c1-22(2)11-23(3,12-7-5-4-6-8-12)15-10-13(24)9-14-16(20(28)26(22)17(14)15)18-19(27)25-21(29)30-18/h4-10H,11H2,1-3H3,(H,25,27,29)/b18-16-. The number of hydrogen-bond donors (Lipinski definition) is 1. The highest BCUT2D eigenvalue weighted by Crippen LogP contribution is 2.57. The lowest BCUT2D eigenvalue weighted by molar-refractivity contribution is -0.116. The van der Waals surface area contributed by atoms with Crippen molar-refractivity contribution in [3.63, 3.8) is 0 Å². The van der Waals surface area contributed by atoms with Crippen molar-refractivity contribution in [2.45, 2.75) is 38.1 Å². The van der Waals surface area contributed by atoms with Crippen LogP contribution >= 0.6 is 24.0 Å². The first-order valence-electron chi connectivity index (χ1n) is 9.65. The summed E-state index contributed by atoms with van der Waals surface area (Å²) in [6.07, 6.45) is 0.617. The van der Waals surface area contributed by atoms with E-state index in [-0.39, 0.29) is 16.4 Å². The normalized spacial score (nSPS) is 26.8. The zero-order chi connectivity index (χ0) is 21.4. The maximum absolute atomic E-state index is 14.9. The van der Waals surface area contributed by atoms with Crippen LogP contribution < -0.4 is 10.2 Å². The van der Waals surface area contributed by atoms with Crippen LogP contribution in [0.25, 0.3) is 5.57 Å². The monoisotopic (exact) mass is 438 g/mol. The minimum Gasteiger partial charge on any atom is -0.307 e. The Labute approximate surface area is 183 Å². The third-order valence-electron chi connectivity index (χ3n) is 6.23. The van der Waals surface area contributed by atoms with Gasteiger partial charge >= 0.3 is 0 Å². The highest BCUT2D eigenvalue weighted by Gasteiger charge is 2.54. The Hall–Kier alpha value is -2.51. The van der Waals surface area contributed by atoms with Crippen molar-refractivity contribution in [3.8, 4) is 0 Å². The molecule has 1 atom stereocenters. The topological polar surface area (TPSA) is 49.4 Å². The third-order valence-corrected chi connectivity index (χ3v) is 7.46. The second-order valence-corrected chi connectivity index (χ2v) is 10.4. The predicted octanol–water partition coefficient (Wildman–Crippen LogP) is 4.52. The second kappa shape index (κ2) is 6.25. The summed E-state index contributed by atoms with van der Waals surface area (Å²) in [5, 5.41) is 2.57. The van der Waals surface area contributed by atoms with E-state index in [1.165, 1.54) is 12.1 Å². The number of anilines is 1. The van der Waals surface area contributed by atoms with E-state index >= 15 is 0 Å². The molecule has 7 heteroatoms. The van der Waals surface area contributed by atoms with E-state index < -0.39 is 22.7 Å². The number of halogens is 1. The van der Waals surface area contributed by atoms with Gasteiger partial charge < -0.3 is 10.2 Å². The van der Waals surface area contributed by atoms with E-state index in [0.29, 0.717) is 22.0 Å². The molecule has 1 N–H and O–H groups in total. The van der Waals surface area contributed by atoms with Gasteiger partial charge in [0.2, 0.25) is 0 Å². The third kappa shape index (κ3) is 2.55. The quantitative estimate of drug-likeness (QED) is 0.525. The minimum absolute atomic E-state index is 0.235. The number of nitrogens with zero attached hydrogens (tertiary/aromatic N) is 1. The molecule has 3 aliphatic heterocycles. The molecule has 1 unspecified atom stereocenters. The van der Waals surface area contributed by atoms with Crippen LogP contribution in [0.1, 0.15) is 43.9 Å². The first-order chi connectivity index (χ1) is 14.1. The first kappa shape index (κ1) is 19.5. The average molecular weight is 439 g/mol. The molecule has 0 aromatic heterocycles. The van der Waals surface area contributed by atoms with Gasteiger partial charge in [0.1, 0.15) is 10.1 Å². The molecule has 0 aliphatic carbocycles. The lowest BCUT2D eigenvalue weighted by Gasteiger charge is -2.49. The summed E-state index contributed by atoms with van der Waals surface area (Å²) in [6, 6.07) is 12.9. The maximum atomic E-state index is 14.9. The van der Waals surface area contributed by atoms with E-state index in [2.05, 4.69) is 12.2 Å². The van der Waals surface area contributed by atoms with E-state index in [0.717, 1.165) is 22.9 Å². The number of rotatable bonds is 1. The predicted molar refractivity (Wildman–Crippen MR) is 121 cm³/mol. The first-order valence-corrected chi connectivity index (χ1v) is 10.9. The van der Waals surface area contributed by atoms with Crippen molar-refractivity contribution in [1.29, 1.82) is 0 Å². The molecule has 2 aromatic rings. The van der Waals surface area contributed by atoms with Gasteiger partial charge in [0.15, 0.2) is 0 Å². The summed E-state index contributed by atoms with van der Waals surface area (Å²) in [5.41, 5.74) is 2.19. The van der Waals surface area contributed by atoms with Crippen LogP contribution in [0.5, 0.6) is 0 Å². The molecule has 30 heavy (non-hydrogen) atoms. The summed E-state index contributed by atoms with van der Waals surface area (Å²) in [4.78, 5) is 28.1. The highest BCUT2D eigenvalue weighted by atomic mass is 32.2. The molecule has 1 saturated heterocycles. The zero-order valence-corrected chi connectivity index (χ0v) is 18.3. The van der Waals surface area contributed by atoms with Gasteiger partial charge in [-0.25, -0.2) is 4.39 Å². The van der Waals surface area contributed by atoms with Gasteiger partial charge in [-0.15, -0.1) is 0 Å². The average Bonchev–Trinajstić information content (AvgIpc) is 3.15. The Bertz CT molecular complexity index is 1190. The van der Waals surface area contributed by atoms with Crippen LogP contribution in [0, 0.1) is 5.82 Å². The van der Waals surface area contributed by atoms with E-state index in [1.807, 2.05) is 44.2 Å². The molecular weight excluding hydrogens is 419 g/mol. The SMILES string of the molecule is CC1(c2ccccc2)CC(C)(C)N2C(=O)/C(=C3\SC(=S)NC3=O)c3cc(F)cc1c32. The number of thiocarbonyl (C=S) groups is 1. The van der Waals surface area contributed by atoms with Crippen molar-refractivity contribution in [2.24, 2.45) is 0 Å². The Morgan fingerprint density at radius 3 is 2.47 bits per heavy atom. The lowest BCUT2D eigenvalue weighted by atomic mass is 9.65. The fourth-order valence-corrected chi connectivity index (χ4v) is 6.27. The molecule has 3 heterocycles. The molecular formula is C23H19FN2O2S2. The molecule has 0 radical (unpaired) electrons. The number of carbonyl (C=O) groups is 2. The van der Waals surface area contributed by atoms with Crippen LogP contribution in [0.15, 0.2) is 47.4 Å². The molecule has 0 bridgehead atoms. The second-order valence-electron chi connectivity index (χ2n) is 8.73. The summed E-state index contributed by atoms with van der Waals surface area (Å²) in [5.74, 6) is -1.11. The Morgan fingerprint density at radius 2 is 1.83 bits per heavy atom. The largest absolute Gasteiger partial charge is 0.307 e. The zero-order valence-electron chi connectivity index (χ0n) is 16.7. The Kier molecular flexibility index (Phi) is 4.05. The molecule has 1 fully saturated rings. The summed E-state index contributed by atoms with van der Waals surface area (Å²) < 4.78 is 15.2. The number of amides is 2. The number of nitrogens with one attached hydrogen (secondary N) is 1. The van der Waals surface area contributed by atoms with Crippen LogP contribution in [0.2, 0.25) is 0 Å². The maximum Gasteiger partial charge on any atom is 0.264 e. The van der Waals surface area contributed by atoms with Crippen LogP contribution in [-0.2, 0) is 15.0 Å². The van der Waals surface area contributed by atoms with Gasteiger partial charge in [-0.05, 0) is 43.5 Å². The number of hydrogen-bond acceptors (Lipinski definition) is 4. The van der Waals surface area contributed by atoms with Crippen LogP contribution in [0.4, 0.5) is 10.1 Å². The van der Waals surface area contributed by atoms with Crippen molar-refractivity contribution in [1.82, 2.24) is 5.32 Å². The molecule has 2 aromatic carbocycles. The van der Waals surface area contributed by atoms with Crippen molar-refractivity contribution in [2.75, 3.05) is 4.90 Å². The van der Waals surface area contributed by atoms with Gasteiger partial charge in [-0.1, -0.05) is 61.2 Å². The van der Waals surface area contributed by atoms with E-state index in [4.69, 9.17) is 12.2 Å². The summed E-state index contributed by atoms with van der Waals surface area (Å²) in [7, 11) is 0. The van der Waals surface area contributed by atoms with Crippen molar-refractivity contribution >= 4 is 51.4 Å². The van der Waals surface area contributed by atoms with Gasteiger partial charge in [-0.2, -0.15) is 0 Å². The molecule has 5 rings (SSSR count).